The average Bonchev–Trinajstić information content (AvgIpc) is 2.33. The Morgan fingerprint density at radius 2 is 1.89 bits per heavy atom. The van der Waals surface area contributed by atoms with Gasteiger partial charge in [-0.1, -0.05) is 0 Å². The van der Waals surface area contributed by atoms with E-state index in [1.54, 1.807) is 12.1 Å². The summed E-state index contributed by atoms with van der Waals surface area (Å²) in [6.45, 7) is -1.04. The van der Waals surface area contributed by atoms with E-state index in [0.717, 1.165) is 0 Å². The smallest absolute Gasteiger partial charge is 0.422 e. The fraction of sp³-hybridized carbons (Fsp3) is 0.455. The van der Waals surface area contributed by atoms with Gasteiger partial charge in [0.1, 0.15) is 5.75 Å². The maximum Gasteiger partial charge on any atom is 0.422 e. The van der Waals surface area contributed by atoms with E-state index in [1.807, 2.05) is 0 Å². The number of nitrogens with one attached hydrogen (secondary N) is 1. The fourth-order valence-corrected chi connectivity index (χ4v) is 1.23. The van der Waals surface area contributed by atoms with Gasteiger partial charge in [0.15, 0.2) is 6.61 Å². The number of alkyl halides is 4. The van der Waals surface area contributed by atoms with Gasteiger partial charge in [0.05, 0.1) is 12.0 Å². The zero-order chi connectivity index (χ0) is 13.6. The molecule has 1 atom stereocenters. The second kappa shape index (κ2) is 6.70. The highest BCUT2D eigenvalue weighted by molar-refractivity contribution is 6.18. The lowest BCUT2D eigenvalue weighted by atomic mass is 10.3. The molecule has 1 aromatic carbocycles. The van der Waals surface area contributed by atoms with Crippen LogP contribution in [-0.4, -0.2) is 36.4 Å². The van der Waals surface area contributed by atoms with Crippen molar-refractivity contribution in [3.63, 3.8) is 0 Å². The third kappa shape index (κ3) is 5.97. The number of aliphatic hydroxyl groups is 1. The summed E-state index contributed by atoms with van der Waals surface area (Å²) >= 11 is 5.41. The lowest BCUT2D eigenvalue weighted by Gasteiger charge is -2.12. The Morgan fingerprint density at radius 1 is 1.28 bits per heavy atom. The molecule has 102 valence electrons. The molecule has 0 saturated heterocycles. The minimum atomic E-state index is -4.35. The molecule has 0 aliphatic heterocycles. The minimum absolute atomic E-state index is 0.111. The molecule has 1 rings (SSSR count). The van der Waals surface area contributed by atoms with Gasteiger partial charge in [0.2, 0.25) is 0 Å². The molecule has 0 fully saturated rings. The Labute approximate surface area is 108 Å². The molecular weight excluding hydrogens is 271 g/mol. The topological polar surface area (TPSA) is 41.5 Å². The maximum atomic E-state index is 11.9. The molecular formula is C11H13ClF3NO2. The van der Waals surface area contributed by atoms with Gasteiger partial charge in [-0.15, -0.1) is 11.6 Å². The molecule has 0 spiro atoms. The number of aliphatic hydroxyl groups excluding tert-OH is 1. The number of hydrogen-bond donors (Lipinski definition) is 2. The predicted molar refractivity (Wildman–Crippen MR) is 63.2 cm³/mol. The van der Waals surface area contributed by atoms with Gasteiger partial charge in [0.25, 0.3) is 0 Å². The SMILES string of the molecule is OC(CCl)CNc1ccc(OCC(F)(F)F)cc1. The largest absolute Gasteiger partial charge is 0.484 e. The summed E-state index contributed by atoms with van der Waals surface area (Å²) in [4.78, 5) is 0. The molecule has 7 heteroatoms. The Balaban J connectivity index is 2.42. The molecule has 0 heterocycles. The molecule has 0 amide bonds. The first-order valence-corrected chi connectivity index (χ1v) is 5.71. The number of hydrogen-bond acceptors (Lipinski definition) is 3. The van der Waals surface area contributed by atoms with Gasteiger partial charge >= 0.3 is 6.18 Å². The predicted octanol–water partition coefficient (Wildman–Crippen LogP) is 2.64. The van der Waals surface area contributed by atoms with Gasteiger partial charge in [-0.3, -0.25) is 0 Å². The van der Waals surface area contributed by atoms with E-state index in [2.05, 4.69) is 10.1 Å². The lowest BCUT2D eigenvalue weighted by molar-refractivity contribution is -0.153. The number of ether oxygens (including phenoxy) is 1. The zero-order valence-electron chi connectivity index (χ0n) is 9.38. The maximum absolute atomic E-state index is 11.9. The van der Waals surface area contributed by atoms with Crippen LogP contribution in [0, 0.1) is 0 Å². The number of halogens is 4. The van der Waals surface area contributed by atoms with Crippen LogP contribution in [0.1, 0.15) is 0 Å². The highest BCUT2D eigenvalue weighted by atomic mass is 35.5. The van der Waals surface area contributed by atoms with Crippen molar-refractivity contribution in [2.75, 3.05) is 24.3 Å². The van der Waals surface area contributed by atoms with Crippen LogP contribution >= 0.6 is 11.6 Å². The molecule has 0 aromatic heterocycles. The first kappa shape index (κ1) is 14.9. The van der Waals surface area contributed by atoms with Crippen LogP contribution < -0.4 is 10.1 Å². The van der Waals surface area contributed by atoms with Crippen molar-refractivity contribution >= 4 is 17.3 Å². The summed E-state index contributed by atoms with van der Waals surface area (Å²) in [5.41, 5.74) is 0.665. The van der Waals surface area contributed by atoms with E-state index in [9.17, 15) is 18.3 Å². The summed E-state index contributed by atoms with van der Waals surface area (Å²) in [5.74, 6) is 0.246. The molecule has 0 radical (unpaired) electrons. The van der Waals surface area contributed by atoms with Crippen molar-refractivity contribution in [2.24, 2.45) is 0 Å². The second-order valence-electron chi connectivity index (χ2n) is 3.62. The van der Waals surface area contributed by atoms with E-state index in [-0.39, 0.29) is 18.2 Å². The molecule has 3 nitrogen and oxygen atoms in total. The normalized spacial score (nSPS) is 13.2. The van der Waals surface area contributed by atoms with Crippen LogP contribution in [0.15, 0.2) is 24.3 Å². The van der Waals surface area contributed by atoms with Gasteiger partial charge in [-0.25, -0.2) is 0 Å². The van der Waals surface area contributed by atoms with Gasteiger partial charge < -0.3 is 15.2 Å². The van der Waals surface area contributed by atoms with Crippen LogP contribution in [0.3, 0.4) is 0 Å². The first-order chi connectivity index (χ1) is 8.40. The molecule has 1 aromatic rings. The zero-order valence-corrected chi connectivity index (χ0v) is 10.1. The molecule has 0 saturated carbocycles. The Bertz CT molecular complexity index is 356. The number of benzene rings is 1. The Morgan fingerprint density at radius 3 is 2.39 bits per heavy atom. The van der Waals surface area contributed by atoms with E-state index >= 15 is 0 Å². The van der Waals surface area contributed by atoms with Crippen molar-refractivity contribution in [3.05, 3.63) is 24.3 Å². The van der Waals surface area contributed by atoms with Gasteiger partial charge in [-0.05, 0) is 24.3 Å². The third-order valence-electron chi connectivity index (χ3n) is 1.98. The van der Waals surface area contributed by atoms with E-state index < -0.39 is 18.9 Å². The fourth-order valence-electron chi connectivity index (χ4n) is 1.12. The van der Waals surface area contributed by atoms with Crippen LogP contribution in [0.5, 0.6) is 5.75 Å². The summed E-state index contributed by atoms with van der Waals surface area (Å²) in [5, 5.41) is 12.1. The third-order valence-corrected chi connectivity index (χ3v) is 2.33. The number of anilines is 1. The molecule has 0 aliphatic carbocycles. The van der Waals surface area contributed by atoms with Crippen molar-refractivity contribution in [2.45, 2.75) is 12.3 Å². The van der Waals surface area contributed by atoms with Crippen molar-refractivity contribution in [3.8, 4) is 5.75 Å². The van der Waals surface area contributed by atoms with Crippen LogP contribution in [0.4, 0.5) is 18.9 Å². The quantitative estimate of drug-likeness (QED) is 0.789. The summed E-state index contributed by atoms with van der Waals surface area (Å²) in [7, 11) is 0. The minimum Gasteiger partial charge on any atom is -0.484 e. The second-order valence-corrected chi connectivity index (χ2v) is 3.93. The average molecular weight is 284 g/mol. The standard InChI is InChI=1S/C11H13ClF3NO2/c12-5-9(17)6-16-8-1-3-10(4-2-8)18-7-11(13,14)15/h1-4,9,16-17H,5-7H2. The van der Waals surface area contributed by atoms with Crippen LogP contribution in [0.25, 0.3) is 0 Å². The summed E-state index contributed by atoms with van der Waals surface area (Å²) < 4.78 is 40.2. The van der Waals surface area contributed by atoms with Crippen molar-refractivity contribution in [1.82, 2.24) is 0 Å². The molecule has 2 N–H and O–H groups in total. The van der Waals surface area contributed by atoms with E-state index in [1.165, 1.54) is 12.1 Å². The lowest BCUT2D eigenvalue weighted by Crippen LogP contribution is -2.20. The highest BCUT2D eigenvalue weighted by Gasteiger charge is 2.28. The highest BCUT2D eigenvalue weighted by Crippen LogP contribution is 2.20. The molecule has 0 aliphatic rings. The van der Waals surface area contributed by atoms with Gasteiger partial charge in [0, 0.05) is 12.2 Å². The molecule has 0 bridgehead atoms. The Kier molecular flexibility index (Phi) is 5.55. The summed E-state index contributed by atoms with van der Waals surface area (Å²) in [6.07, 6.45) is -5.02. The van der Waals surface area contributed by atoms with E-state index in [4.69, 9.17) is 11.6 Å². The summed E-state index contributed by atoms with van der Waals surface area (Å²) in [6, 6.07) is 5.96. The van der Waals surface area contributed by atoms with Crippen molar-refractivity contribution in [1.29, 1.82) is 0 Å². The van der Waals surface area contributed by atoms with E-state index in [0.29, 0.717) is 5.69 Å². The Hall–Kier alpha value is -1.14. The van der Waals surface area contributed by atoms with Gasteiger partial charge in [-0.2, -0.15) is 13.2 Å². The van der Waals surface area contributed by atoms with Crippen LogP contribution in [-0.2, 0) is 0 Å². The van der Waals surface area contributed by atoms with Crippen molar-refractivity contribution < 1.29 is 23.0 Å². The van der Waals surface area contributed by atoms with Crippen LogP contribution in [0.2, 0.25) is 0 Å². The first-order valence-electron chi connectivity index (χ1n) is 5.18. The molecule has 18 heavy (non-hydrogen) atoms. The monoisotopic (exact) mass is 283 g/mol. The number of rotatable bonds is 6. The molecule has 1 unspecified atom stereocenters.